The SMILES string of the molecule is CCSC1=NC(=Cc2cccs2)C(=O)N1c1ccc(OC)c(Cl)c1. The Morgan fingerprint density at radius 1 is 1.42 bits per heavy atom. The summed E-state index contributed by atoms with van der Waals surface area (Å²) in [6.45, 7) is 2.03. The molecule has 7 heteroatoms. The number of ether oxygens (including phenoxy) is 1. The summed E-state index contributed by atoms with van der Waals surface area (Å²) in [7, 11) is 1.56. The molecule has 3 rings (SSSR count). The molecule has 0 bridgehead atoms. The number of hydrogen-bond acceptors (Lipinski definition) is 5. The van der Waals surface area contributed by atoms with Crippen molar-refractivity contribution >= 4 is 57.5 Å². The minimum absolute atomic E-state index is 0.152. The molecule has 2 heterocycles. The smallest absolute Gasteiger partial charge is 0.283 e. The Kier molecular flexibility index (Phi) is 5.28. The van der Waals surface area contributed by atoms with Crippen LogP contribution >= 0.6 is 34.7 Å². The van der Waals surface area contributed by atoms with Crippen molar-refractivity contribution in [2.45, 2.75) is 6.92 Å². The van der Waals surface area contributed by atoms with Gasteiger partial charge in [-0.2, -0.15) is 0 Å². The van der Waals surface area contributed by atoms with Crippen molar-refractivity contribution in [1.82, 2.24) is 0 Å². The normalized spacial score (nSPS) is 16.0. The van der Waals surface area contributed by atoms with Gasteiger partial charge in [-0.05, 0) is 41.5 Å². The number of hydrogen-bond donors (Lipinski definition) is 0. The van der Waals surface area contributed by atoms with E-state index < -0.39 is 0 Å². The van der Waals surface area contributed by atoms with Gasteiger partial charge in [-0.15, -0.1) is 11.3 Å². The summed E-state index contributed by atoms with van der Waals surface area (Å²) in [5.74, 6) is 1.24. The molecule has 124 valence electrons. The van der Waals surface area contributed by atoms with Crippen LogP contribution in [-0.2, 0) is 4.79 Å². The minimum Gasteiger partial charge on any atom is -0.495 e. The lowest BCUT2D eigenvalue weighted by molar-refractivity contribution is -0.113. The molecule has 1 aromatic carbocycles. The summed E-state index contributed by atoms with van der Waals surface area (Å²) in [6, 6.07) is 9.18. The summed E-state index contributed by atoms with van der Waals surface area (Å²) >= 11 is 9.30. The number of anilines is 1. The predicted octanol–water partition coefficient (Wildman–Crippen LogP) is 4.91. The summed E-state index contributed by atoms with van der Waals surface area (Å²) in [5, 5.41) is 3.09. The largest absolute Gasteiger partial charge is 0.495 e. The van der Waals surface area contributed by atoms with E-state index in [1.54, 1.807) is 35.5 Å². The van der Waals surface area contributed by atoms with E-state index in [-0.39, 0.29) is 5.91 Å². The number of nitrogens with zero attached hydrogens (tertiary/aromatic N) is 2. The van der Waals surface area contributed by atoms with E-state index in [0.717, 1.165) is 10.6 Å². The molecule has 1 aliphatic heterocycles. The molecule has 0 atom stereocenters. The van der Waals surface area contributed by atoms with Gasteiger partial charge < -0.3 is 4.74 Å². The molecule has 2 aromatic rings. The van der Waals surface area contributed by atoms with E-state index in [1.165, 1.54) is 11.8 Å². The second kappa shape index (κ2) is 7.42. The molecule has 0 radical (unpaired) electrons. The first-order valence-electron chi connectivity index (χ1n) is 7.28. The van der Waals surface area contributed by atoms with E-state index in [2.05, 4.69) is 4.99 Å². The second-order valence-corrected chi connectivity index (χ2v) is 7.45. The lowest BCUT2D eigenvalue weighted by atomic mass is 10.2. The maximum absolute atomic E-state index is 12.8. The van der Waals surface area contributed by atoms with Crippen molar-refractivity contribution in [3.8, 4) is 5.75 Å². The quantitative estimate of drug-likeness (QED) is 0.710. The van der Waals surface area contributed by atoms with Gasteiger partial charge in [0.05, 0.1) is 17.8 Å². The zero-order valence-corrected chi connectivity index (χ0v) is 15.5. The van der Waals surface area contributed by atoms with Crippen LogP contribution in [0.15, 0.2) is 46.4 Å². The molecule has 0 spiro atoms. The van der Waals surface area contributed by atoms with Crippen molar-refractivity contribution in [1.29, 1.82) is 0 Å². The number of benzene rings is 1. The molecule has 0 fully saturated rings. The number of halogens is 1. The van der Waals surface area contributed by atoms with Crippen LogP contribution in [0.3, 0.4) is 0 Å². The summed E-state index contributed by atoms with van der Waals surface area (Å²) in [5.41, 5.74) is 1.11. The van der Waals surface area contributed by atoms with Crippen LogP contribution in [0.1, 0.15) is 11.8 Å². The topological polar surface area (TPSA) is 41.9 Å². The van der Waals surface area contributed by atoms with Gasteiger partial charge in [0.25, 0.3) is 5.91 Å². The highest BCUT2D eigenvalue weighted by Gasteiger charge is 2.32. The Bertz CT molecular complexity index is 816. The van der Waals surface area contributed by atoms with Gasteiger partial charge in [0.1, 0.15) is 11.4 Å². The lowest BCUT2D eigenvalue weighted by Crippen LogP contribution is -2.30. The first-order valence-corrected chi connectivity index (χ1v) is 9.53. The van der Waals surface area contributed by atoms with E-state index in [4.69, 9.17) is 16.3 Å². The summed E-state index contributed by atoms with van der Waals surface area (Å²) < 4.78 is 5.17. The van der Waals surface area contributed by atoms with Crippen LogP contribution in [0.2, 0.25) is 5.02 Å². The third kappa shape index (κ3) is 3.36. The molecule has 4 nitrogen and oxygen atoms in total. The van der Waals surface area contributed by atoms with Crippen molar-refractivity contribution in [3.63, 3.8) is 0 Å². The van der Waals surface area contributed by atoms with Gasteiger partial charge >= 0.3 is 0 Å². The number of carbonyl (C=O) groups is 1. The van der Waals surface area contributed by atoms with E-state index in [9.17, 15) is 4.79 Å². The van der Waals surface area contributed by atoms with Crippen molar-refractivity contribution in [2.75, 3.05) is 17.8 Å². The monoisotopic (exact) mass is 378 g/mol. The van der Waals surface area contributed by atoms with Crippen LogP contribution in [0.4, 0.5) is 5.69 Å². The van der Waals surface area contributed by atoms with Crippen molar-refractivity contribution < 1.29 is 9.53 Å². The molecule has 24 heavy (non-hydrogen) atoms. The predicted molar refractivity (Wildman–Crippen MR) is 103 cm³/mol. The Labute approximate surface area is 153 Å². The standard InChI is InChI=1S/C17H15ClN2O2S2/c1-3-23-17-19-14(10-12-5-4-8-24-12)16(21)20(17)11-6-7-15(22-2)13(18)9-11/h4-10H,3H2,1-2H3. The first kappa shape index (κ1) is 17.1. The van der Waals surface area contributed by atoms with Gasteiger partial charge in [-0.3, -0.25) is 9.69 Å². The molecule has 1 aromatic heterocycles. The van der Waals surface area contributed by atoms with Gasteiger partial charge in [-0.1, -0.05) is 36.4 Å². The van der Waals surface area contributed by atoms with Gasteiger partial charge in [0, 0.05) is 4.88 Å². The average molecular weight is 379 g/mol. The van der Waals surface area contributed by atoms with E-state index in [1.807, 2.05) is 36.6 Å². The van der Waals surface area contributed by atoms with Crippen LogP contribution in [0.5, 0.6) is 5.75 Å². The van der Waals surface area contributed by atoms with Crippen LogP contribution in [0.25, 0.3) is 6.08 Å². The molecule has 1 aliphatic rings. The lowest BCUT2D eigenvalue weighted by Gasteiger charge is -2.18. The maximum Gasteiger partial charge on any atom is 0.283 e. The summed E-state index contributed by atoms with van der Waals surface area (Å²) in [6.07, 6.45) is 1.81. The zero-order chi connectivity index (χ0) is 17.1. The molecule has 1 amide bonds. The van der Waals surface area contributed by atoms with E-state index in [0.29, 0.717) is 27.3 Å². The fourth-order valence-electron chi connectivity index (χ4n) is 2.25. The number of amides is 1. The number of carbonyl (C=O) groups excluding carboxylic acids is 1. The summed E-state index contributed by atoms with van der Waals surface area (Å²) in [4.78, 5) is 20.0. The first-order chi connectivity index (χ1) is 11.6. The van der Waals surface area contributed by atoms with Gasteiger partial charge in [-0.25, -0.2) is 4.99 Å². The molecule has 0 unspecified atom stereocenters. The van der Waals surface area contributed by atoms with Gasteiger partial charge in [0.15, 0.2) is 5.17 Å². The molecular weight excluding hydrogens is 364 g/mol. The van der Waals surface area contributed by atoms with Gasteiger partial charge in [0.2, 0.25) is 0 Å². The highest BCUT2D eigenvalue weighted by Crippen LogP contribution is 2.34. The number of thioether (sulfide) groups is 1. The van der Waals surface area contributed by atoms with Crippen LogP contribution in [-0.4, -0.2) is 23.9 Å². The number of methoxy groups -OCH3 is 1. The Morgan fingerprint density at radius 3 is 2.88 bits per heavy atom. The number of rotatable bonds is 4. The third-order valence-corrected chi connectivity index (χ3v) is 5.25. The highest BCUT2D eigenvalue weighted by molar-refractivity contribution is 8.14. The molecule has 0 N–H and O–H groups in total. The Hall–Kier alpha value is -1.76. The number of thiophene rings is 1. The Morgan fingerprint density at radius 2 is 2.25 bits per heavy atom. The minimum atomic E-state index is -0.152. The van der Waals surface area contributed by atoms with E-state index >= 15 is 0 Å². The van der Waals surface area contributed by atoms with Crippen LogP contribution < -0.4 is 9.64 Å². The second-order valence-electron chi connectivity index (χ2n) is 4.83. The maximum atomic E-state index is 12.8. The number of amidine groups is 1. The number of aliphatic imine (C=N–C) groups is 1. The fraction of sp³-hybridized carbons (Fsp3) is 0.176. The molecule has 0 aliphatic carbocycles. The highest BCUT2D eigenvalue weighted by atomic mass is 35.5. The van der Waals surface area contributed by atoms with Crippen LogP contribution in [0, 0.1) is 0 Å². The zero-order valence-electron chi connectivity index (χ0n) is 13.2. The molecular formula is C17H15ClN2O2S2. The molecule has 0 saturated heterocycles. The fourth-order valence-corrected chi connectivity index (χ4v) is 3.89. The Balaban J connectivity index is 1.99. The molecule has 0 saturated carbocycles. The van der Waals surface area contributed by atoms with Crippen molar-refractivity contribution in [2.24, 2.45) is 4.99 Å². The third-order valence-electron chi connectivity index (χ3n) is 3.32. The van der Waals surface area contributed by atoms with Crippen molar-refractivity contribution in [3.05, 3.63) is 51.3 Å². The average Bonchev–Trinajstić information content (AvgIpc) is 3.17.